The lowest BCUT2D eigenvalue weighted by Gasteiger charge is -2.43. The van der Waals surface area contributed by atoms with Crippen LogP contribution in [-0.2, 0) is 16.1 Å². The van der Waals surface area contributed by atoms with Gasteiger partial charge in [0.05, 0.1) is 18.8 Å². The lowest BCUT2D eigenvalue weighted by molar-refractivity contribution is -0.134. The quantitative estimate of drug-likeness (QED) is 0.819. The van der Waals surface area contributed by atoms with Crippen LogP contribution in [-0.4, -0.2) is 74.9 Å². The van der Waals surface area contributed by atoms with Gasteiger partial charge >= 0.3 is 0 Å². The number of hydrogen-bond donors (Lipinski definition) is 0. The Kier molecular flexibility index (Phi) is 5.27. The van der Waals surface area contributed by atoms with Gasteiger partial charge in [-0.2, -0.15) is 5.10 Å². The van der Waals surface area contributed by atoms with Gasteiger partial charge in [0.2, 0.25) is 5.91 Å². The minimum Gasteiger partial charge on any atom is -0.373 e. The van der Waals surface area contributed by atoms with Gasteiger partial charge in [-0.1, -0.05) is 0 Å². The van der Waals surface area contributed by atoms with E-state index >= 15 is 0 Å². The number of aromatic nitrogens is 3. The molecule has 7 heteroatoms. The lowest BCUT2D eigenvalue weighted by atomic mass is 10.0. The first-order valence-corrected chi connectivity index (χ1v) is 8.61. The number of amides is 1. The minimum absolute atomic E-state index is 0.225. The van der Waals surface area contributed by atoms with E-state index in [1.165, 1.54) is 6.33 Å². The Balaban J connectivity index is 1.43. The molecule has 1 amide bonds. The summed E-state index contributed by atoms with van der Waals surface area (Å²) in [6.45, 7) is 8.64. The van der Waals surface area contributed by atoms with Crippen LogP contribution in [0.25, 0.3) is 0 Å². The van der Waals surface area contributed by atoms with Crippen molar-refractivity contribution in [2.75, 3.05) is 26.2 Å². The van der Waals surface area contributed by atoms with Gasteiger partial charge in [-0.3, -0.25) is 14.4 Å². The Morgan fingerprint density at radius 3 is 2.52 bits per heavy atom. The van der Waals surface area contributed by atoms with Crippen LogP contribution < -0.4 is 0 Å². The number of likely N-dealkylation sites (tertiary alicyclic amines) is 1. The van der Waals surface area contributed by atoms with Gasteiger partial charge in [-0.25, -0.2) is 4.98 Å². The van der Waals surface area contributed by atoms with Crippen LogP contribution in [0.1, 0.15) is 33.1 Å². The van der Waals surface area contributed by atoms with Gasteiger partial charge in [0.15, 0.2) is 0 Å². The van der Waals surface area contributed by atoms with Crippen LogP contribution in [0, 0.1) is 0 Å². The molecule has 2 saturated heterocycles. The standard InChI is InChI=1S/C16H27N5O2/c1-13-9-20(10-14(2)23-13)15-3-6-19(7-4-15)16(22)5-8-21-12-17-11-18-21/h11-15H,3-10H2,1-2H3/t13-,14+. The fraction of sp³-hybridized carbons (Fsp3) is 0.812. The fourth-order valence-corrected chi connectivity index (χ4v) is 3.71. The van der Waals surface area contributed by atoms with E-state index < -0.39 is 0 Å². The molecule has 0 bridgehead atoms. The summed E-state index contributed by atoms with van der Waals surface area (Å²) in [7, 11) is 0. The van der Waals surface area contributed by atoms with Gasteiger partial charge in [-0.05, 0) is 26.7 Å². The van der Waals surface area contributed by atoms with Gasteiger partial charge in [0, 0.05) is 38.6 Å². The summed E-state index contributed by atoms with van der Waals surface area (Å²) in [6.07, 6.45) is 6.39. The topological polar surface area (TPSA) is 63.5 Å². The molecule has 0 aromatic carbocycles. The summed E-state index contributed by atoms with van der Waals surface area (Å²) >= 11 is 0. The molecule has 3 rings (SSSR count). The predicted molar refractivity (Wildman–Crippen MR) is 85.8 cm³/mol. The maximum absolute atomic E-state index is 12.3. The van der Waals surface area contributed by atoms with Crippen LogP contribution in [0.2, 0.25) is 0 Å². The van der Waals surface area contributed by atoms with Crippen molar-refractivity contribution in [2.45, 2.75) is 57.9 Å². The highest BCUT2D eigenvalue weighted by molar-refractivity contribution is 5.76. The number of nitrogens with zero attached hydrogens (tertiary/aromatic N) is 5. The second-order valence-corrected chi connectivity index (χ2v) is 6.73. The predicted octanol–water partition coefficient (Wildman–Crippen LogP) is 0.768. The first-order chi connectivity index (χ1) is 11.1. The average Bonchev–Trinajstić information content (AvgIpc) is 3.05. The highest BCUT2D eigenvalue weighted by Gasteiger charge is 2.31. The molecule has 2 fully saturated rings. The molecular weight excluding hydrogens is 294 g/mol. The molecule has 2 atom stereocenters. The van der Waals surface area contributed by atoms with E-state index in [9.17, 15) is 4.79 Å². The van der Waals surface area contributed by atoms with Crippen molar-refractivity contribution in [1.82, 2.24) is 24.6 Å². The van der Waals surface area contributed by atoms with Crippen molar-refractivity contribution in [3.63, 3.8) is 0 Å². The number of carbonyl (C=O) groups is 1. The third-order valence-corrected chi connectivity index (χ3v) is 4.80. The van der Waals surface area contributed by atoms with E-state index in [1.807, 2.05) is 4.90 Å². The van der Waals surface area contributed by atoms with Crippen molar-refractivity contribution in [2.24, 2.45) is 0 Å². The minimum atomic E-state index is 0.225. The first kappa shape index (κ1) is 16.4. The number of carbonyl (C=O) groups excluding carboxylic acids is 1. The van der Waals surface area contributed by atoms with E-state index in [4.69, 9.17) is 4.74 Å². The molecule has 1 aromatic rings. The molecule has 7 nitrogen and oxygen atoms in total. The van der Waals surface area contributed by atoms with Crippen molar-refractivity contribution < 1.29 is 9.53 Å². The summed E-state index contributed by atoms with van der Waals surface area (Å²) in [4.78, 5) is 20.8. The molecule has 1 aromatic heterocycles. The summed E-state index contributed by atoms with van der Waals surface area (Å²) in [5.41, 5.74) is 0. The van der Waals surface area contributed by atoms with Crippen molar-refractivity contribution in [3.05, 3.63) is 12.7 Å². The number of piperidine rings is 1. The highest BCUT2D eigenvalue weighted by Crippen LogP contribution is 2.21. The largest absolute Gasteiger partial charge is 0.373 e. The van der Waals surface area contributed by atoms with Crippen LogP contribution in [0.4, 0.5) is 0 Å². The second kappa shape index (κ2) is 7.40. The molecule has 0 saturated carbocycles. The molecule has 0 unspecified atom stereocenters. The first-order valence-electron chi connectivity index (χ1n) is 8.61. The van der Waals surface area contributed by atoms with Gasteiger partial charge < -0.3 is 9.64 Å². The highest BCUT2D eigenvalue weighted by atomic mass is 16.5. The number of rotatable bonds is 4. The zero-order chi connectivity index (χ0) is 16.2. The zero-order valence-electron chi connectivity index (χ0n) is 14.1. The SMILES string of the molecule is C[C@@H]1CN(C2CCN(C(=O)CCn3cncn3)CC2)C[C@H](C)O1. The number of hydrogen-bond acceptors (Lipinski definition) is 5. The van der Waals surface area contributed by atoms with E-state index in [0.717, 1.165) is 39.0 Å². The van der Waals surface area contributed by atoms with Crippen LogP contribution in [0.15, 0.2) is 12.7 Å². The Bertz CT molecular complexity index is 489. The summed E-state index contributed by atoms with van der Waals surface area (Å²) in [5.74, 6) is 0.225. The molecule has 3 heterocycles. The molecular formula is C16H27N5O2. The maximum Gasteiger partial charge on any atom is 0.224 e. The lowest BCUT2D eigenvalue weighted by Crippen LogP contribution is -2.53. The van der Waals surface area contributed by atoms with E-state index in [-0.39, 0.29) is 5.91 Å². The summed E-state index contributed by atoms with van der Waals surface area (Å²) < 4.78 is 7.52. The van der Waals surface area contributed by atoms with Crippen molar-refractivity contribution >= 4 is 5.91 Å². The molecule has 0 aliphatic carbocycles. The van der Waals surface area contributed by atoms with Crippen LogP contribution in [0.5, 0.6) is 0 Å². The van der Waals surface area contributed by atoms with Gasteiger partial charge in [-0.15, -0.1) is 0 Å². The molecule has 23 heavy (non-hydrogen) atoms. The normalized spacial score (nSPS) is 27.3. The Hall–Kier alpha value is -1.47. The molecule has 2 aliphatic heterocycles. The Morgan fingerprint density at radius 1 is 1.22 bits per heavy atom. The van der Waals surface area contributed by atoms with Crippen LogP contribution >= 0.6 is 0 Å². The molecule has 0 spiro atoms. The molecule has 0 N–H and O–H groups in total. The maximum atomic E-state index is 12.3. The monoisotopic (exact) mass is 321 g/mol. The summed E-state index contributed by atoms with van der Waals surface area (Å²) in [5, 5.41) is 4.04. The van der Waals surface area contributed by atoms with E-state index in [2.05, 4.69) is 28.8 Å². The Morgan fingerprint density at radius 2 is 1.91 bits per heavy atom. The fourth-order valence-electron chi connectivity index (χ4n) is 3.71. The average molecular weight is 321 g/mol. The number of ether oxygens (including phenoxy) is 1. The molecule has 2 aliphatic rings. The number of aryl methyl sites for hydroxylation is 1. The second-order valence-electron chi connectivity index (χ2n) is 6.73. The Labute approximate surface area is 137 Å². The number of morpholine rings is 1. The summed E-state index contributed by atoms with van der Waals surface area (Å²) in [6, 6.07) is 0.586. The molecule has 128 valence electrons. The van der Waals surface area contributed by atoms with E-state index in [0.29, 0.717) is 31.2 Å². The van der Waals surface area contributed by atoms with Crippen molar-refractivity contribution in [3.8, 4) is 0 Å². The zero-order valence-corrected chi connectivity index (χ0v) is 14.1. The molecule has 0 radical (unpaired) electrons. The van der Waals surface area contributed by atoms with Gasteiger partial charge in [0.25, 0.3) is 0 Å². The van der Waals surface area contributed by atoms with Crippen LogP contribution in [0.3, 0.4) is 0 Å². The smallest absolute Gasteiger partial charge is 0.224 e. The third-order valence-electron chi connectivity index (χ3n) is 4.80. The van der Waals surface area contributed by atoms with E-state index in [1.54, 1.807) is 11.0 Å². The van der Waals surface area contributed by atoms with Gasteiger partial charge in [0.1, 0.15) is 12.7 Å². The third kappa shape index (κ3) is 4.29. The van der Waals surface area contributed by atoms with Crippen molar-refractivity contribution in [1.29, 1.82) is 0 Å².